The lowest BCUT2D eigenvalue weighted by atomic mass is 9.75. The van der Waals surface area contributed by atoms with Crippen LogP contribution in [0.3, 0.4) is 0 Å². The molecule has 4 rings (SSSR count). The van der Waals surface area contributed by atoms with Crippen molar-refractivity contribution in [2.75, 3.05) is 6.54 Å². The third-order valence-electron chi connectivity index (χ3n) is 6.06. The molecule has 0 unspecified atom stereocenters. The number of fused-ring (bicyclic) bond motifs is 1. The highest BCUT2D eigenvalue weighted by molar-refractivity contribution is 6.00. The van der Waals surface area contributed by atoms with Crippen molar-refractivity contribution in [2.24, 2.45) is 5.41 Å². The van der Waals surface area contributed by atoms with Crippen LogP contribution in [0.4, 0.5) is 0 Å². The zero-order valence-electron chi connectivity index (χ0n) is 17.7. The van der Waals surface area contributed by atoms with Gasteiger partial charge in [0.25, 0.3) is 0 Å². The van der Waals surface area contributed by atoms with E-state index < -0.39 is 0 Å². The van der Waals surface area contributed by atoms with E-state index >= 15 is 0 Å². The number of terminal acetylenes is 1. The zero-order chi connectivity index (χ0) is 21.3. The number of carbonyl (C=O) groups excluding carboxylic acids is 2. The number of carbonyl (C=O) groups is 2. The van der Waals surface area contributed by atoms with Crippen LogP contribution in [0.5, 0.6) is 0 Å². The number of rotatable bonds is 5. The van der Waals surface area contributed by atoms with Crippen molar-refractivity contribution >= 4 is 11.7 Å². The van der Waals surface area contributed by atoms with Crippen molar-refractivity contribution in [3.8, 4) is 12.3 Å². The summed E-state index contributed by atoms with van der Waals surface area (Å²) >= 11 is 0. The largest absolute Gasteiger partial charge is 0.334 e. The molecule has 1 amide bonds. The summed E-state index contributed by atoms with van der Waals surface area (Å²) in [6.45, 7) is 5.45. The van der Waals surface area contributed by atoms with E-state index in [1.807, 2.05) is 27.8 Å². The fourth-order valence-electron chi connectivity index (χ4n) is 4.72. The zero-order valence-corrected chi connectivity index (χ0v) is 17.7. The molecule has 1 saturated heterocycles. The number of Topliss-reactive ketones (excluding diaryl/α,β-unsaturated/α-hetero) is 1. The standard InChI is InChI=1S/C24H28N4O2/c1-4-5-11-21(30)27-13-8-10-18(27)23-22-19(14-24(2,3)15-20(22)29)28(26-23)16-17-9-6-7-12-25-17/h1,6-7,9,12,18H,5,8,10-11,13-16H2,2-3H3/t18-/m1/s1. The van der Waals surface area contributed by atoms with Gasteiger partial charge in [-0.2, -0.15) is 5.10 Å². The molecule has 0 spiro atoms. The number of aromatic nitrogens is 3. The molecule has 0 saturated carbocycles. The Labute approximate surface area is 177 Å². The van der Waals surface area contributed by atoms with E-state index in [2.05, 4.69) is 24.8 Å². The minimum Gasteiger partial charge on any atom is -0.334 e. The molecule has 2 aromatic heterocycles. The summed E-state index contributed by atoms with van der Waals surface area (Å²) in [6, 6.07) is 5.66. The van der Waals surface area contributed by atoms with E-state index in [-0.39, 0.29) is 23.1 Å². The van der Waals surface area contributed by atoms with Gasteiger partial charge < -0.3 is 4.90 Å². The van der Waals surface area contributed by atoms with Gasteiger partial charge in [0.05, 0.1) is 35.2 Å². The lowest BCUT2D eigenvalue weighted by molar-refractivity contribution is -0.132. The first kappa shape index (κ1) is 20.3. The van der Waals surface area contributed by atoms with Crippen molar-refractivity contribution in [2.45, 2.75) is 65.0 Å². The molecule has 0 radical (unpaired) electrons. The van der Waals surface area contributed by atoms with Crippen molar-refractivity contribution < 1.29 is 9.59 Å². The maximum absolute atomic E-state index is 13.2. The van der Waals surface area contributed by atoms with Crippen molar-refractivity contribution in [1.29, 1.82) is 0 Å². The Morgan fingerprint density at radius 2 is 2.17 bits per heavy atom. The van der Waals surface area contributed by atoms with Crippen molar-refractivity contribution in [3.05, 3.63) is 47.0 Å². The molecule has 1 aliphatic heterocycles. The van der Waals surface area contributed by atoms with Crippen LogP contribution in [0.15, 0.2) is 24.4 Å². The van der Waals surface area contributed by atoms with Gasteiger partial charge in [0.1, 0.15) is 0 Å². The van der Waals surface area contributed by atoms with Crippen LogP contribution in [-0.4, -0.2) is 37.9 Å². The predicted molar refractivity (Wildman–Crippen MR) is 114 cm³/mol. The number of pyridine rings is 1. The molecule has 6 heteroatoms. The Morgan fingerprint density at radius 3 is 2.90 bits per heavy atom. The second-order valence-electron chi connectivity index (χ2n) is 9.08. The second kappa shape index (κ2) is 8.06. The molecular formula is C24H28N4O2. The number of nitrogens with zero attached hydrogens (tertiary/aromatic N) is 4. The minimum absolute atomic E-state index is 0.0482. The van der Waals surface area contributed by atoms with E-state index in [4.69, 9.17) is 11.5 Å². The average molecular weight is 405 g/mol. The number of hydrogen-bond donors (Lipinski definition) is 0. The SMILES string of the molecule is C#CCCC(=O)N1CCC[C@@H]1c1nn(Cc2ccccn2)c2c1C(=O)CC(C)(C)C2. The first-order valence-corrected chi connectivity index (χ1v) is 10.7. The molecule has 0 aromatic carbocycles. The molecular weight excluding hydrogens is 376 g/mol. The van der Waals surface area contributed by atoms with Gasteiger partial charge in [0, 0.05) is 32.0 Å². The van der Waals surface area contributed by atoms with E-state index in [0.29, 0.717) is 32.4 Å². The summed E-state index contributed by atoms with van der Waals surface area (Å²) in [5.74, 6) is 2.72. The van der Waals surface area contributed by atoms with Crippen LogP contribution in [-0.2, 0) is 17.8 Å². The first-order valence-electron chi connectivity index (χ1n) is 10.7. The number of amides is 1. The second-order valence-corrected chi connectivity index (χ2v) is 9.08. The van der Waals surface area contributed by atoms with Crippen LogP contribution in [0.1, 0.15) is 79.4 Å². The molecule has 2 aromatic rings. The predicted octanol–water partition coefficient (Wildman–Crippen LogP) is 3.56. The van der Waals surface area contributed by atoms with Crippen molar-refractivity contribution in [3.63, 3.8) is 0 Å². The summed E-state index contributed by atoms with van der Waals surface area (Å²) < 4.78 is 1.94. The lowest BCUT2D eigenvalue weighted by Gasteiger charge is -2.30. The van der Waals surface area contributed by atoms with Gasteiger partial charge in [0.2, 0.25) is 5.91 Å². The smallest absolute Gasteiger partial charge is 0.224 e. The summed E-state index contributed by atoms with van der Waals surface area (Å²) in [5.41, 5.74) is 3.25. The molecule has 0 bridgehead atoms. The monoisotopic (exact) mass is 404 g/mol. The van der Waals surface area contributed by atoms with Crippen LogP contribution < -0.4 is 0 Å². The fourth-order valence-corrected chi connectivity index (χ4v) is 4.72. The molecule has 30 heavy (non-hydrogen) atoms. The number of likely N-dealkylation sites (tertiary alicyclic amines) is 1. The third-order valence-corrected chi connectivity index (χ3v) is 6.06. The van der Waals surface area contributed by atoms with Gasteiger partial charge in [-0.15, -0.1) is 12.3 Å². The third kappa shape index (κ3) is 3.89. The van der Waals surface area contributed by atoms with Crippen molar-refractivity contribution in [1.82, 2.24) is 19.7 Å². The first-order chi connectivity index (χ1) is 14.4. The van der Waals surface area contributed by atoms with Gasteiger partial charge in [0.15, 0.2) is 5.78 Å². The van der Waals surface area contributed by atoms with Crippen LogP contribution >= 0.6 is 0 Å². The molecule has 1 atom stereocenters. The minimum atomic E-state index is -0.154. The van der Waals surface area contributed by atoms with E-state index in [1.54, 1.807) is 6.20 Å². The quantitative estimate of drug-likeness (QED) is 0.715. The van der Waals surface area contributed by atoms with E-state index in [1.165, 1.54) is 0 Å². The average Bonchev–Trinajstić information content (AvgIpc) is 3.31. The maximum atomic E-state index is 13.2. The molecule has 1 fully saturated rings. The number of hydrogen-bond acceptors (Lipinski definition) is 4. The van der Waals surface area contributed by atoms with E-state index in [0.717, 1.165) is 41.9 Å². The number of ketones is 1. The Morgan fingerprint density at radius 1 is 1.33 bits per heavy atom. The highest BCUT2D eigenvalue weighted by Gasteiger charge is 2.41. The molecule has 6 nitrogen and oxygen atoms in total. The van der Waals surface area contributed by atoms with Crippen LogP contribution in [0.25, 0.3) is 0 Å². The summed E-state index contributed by atoms with van der Waals surface area (Å²) in [7, 11) is 0. The topological polar surface area (TPSA) is 68.1 Å². The molecule has 1 aliphatic carbocycles. The van der Waals surface area contributed by atoms with Crippen LogP contribution in [0.2, 0.25) is 0 Å². The summed E-state index contributed by atoms with van der Waals surface area (Å²) in [6.07, 6.45) is 10.9. The molecule has 3 heterocycles. The normalized spacial score (nSPS) is 20.1. The fraction of sp³-hybridized carbons (Fsp3) is 0.500. The van der Waals surface area contributed by atoms with Gasteiger partial charge >= 0.3 is 0 Å². The maximum Gasteiger partial charge on any atom is 0.224 e. The molecule has 156 valence electrons. The Balaban J connectivity index is 1.74. The summed E-state index contributed by atoms with van der Waals surface area (Å²) in [4.78, 5) is 32.2. The van der Waals surface area contributed by atoms with Gasteiger partial charge in [-0.25, -0.2) is 0 Å². The molecule has 2 aliphatic rings. The highest BCUT2D eigenvalue weighted by Crippen LogP contribution is 2.41. The van der Waals surface area contributed by atoms with Gasteiger partial charge in [-0.1, -0.05) is 19.9 Å². The highest BCUT2D eigenvalue weighted by atomic mass is 16.2. The van der Waals surface area contributed by atoms with Gasteiger partial charge in [-0.05, 0) is 36.8 Å². The summed E-state index contributed by atoms with van der Waals surface area (Å²) in [5, 5.41) is 4.92. The Kier molecular flexibility index (Phi) is 5.46. The van der Waals surface area contributed by atoms with E-state index in [9.17, 15) is 9.59 Å². The van der Waals surface area contributed by atoms with Gasteiger partial charge in [-0.3, -0.25) is 19.3 Å². The molecule has 0 N–H and O–H groups in total. The lowest BCUT2D eigenvalue weighted by Crippen LogP contribution is -2.32. The Bertz CT molecular complexity index is 1000. The van der Waals surface area contributed by atoms with Crippen LogP contribution in [0, 0.1) is 17.8 Å². The Hall–Kier alpha value is -2.94.